The Morgan fingerprint density at radius 2 is 2.12 bits per heavy atom. The third-order valence-corrected chi connectivity index (χ3v) is 2.93. The normalized spacial score (nSPS) is 16.2. The van der Waals surface area contributed by atoms with Gasteiger partial charge in [-0.15, -0.1) is 0 Å². The highest BCUT2D eigenvalue weighted by atomic mass is 32.2. The molecule has 1 saturated heterocycles. The van der Waals surface area contributed by atoms with Gasteiger partial charge in [-0.2, -0.15) is 4.99 Å². The zero-order chi connectivity index (χ0) is 12.7. The highest BCUT2D eigenvalue weighted by molar-refractivity contribution is 8.14. The van der Waals surface area contributed by atoms with E-state index in [0.29, 0.717) is 13.2 Å². The number of hydrogen-bond acceptors (Lipinski definition) is 4. The van der Waals surface area contributed by atoms with Crippen molar-refractivity contribution in [1.29, 1.82) is 5.41 Å². The van der Waals surface area contributed by atoms with Crippen LogP contribution in [-0.4, -0.2) is 42.0 Å². The van der Waals surface area contributed by atoms with Crippen LogP contribution >= 0.6 is 11.8 Å². The van der Waals surface area contributed by atoms with Crippen molar-refractivity contribution in [2.45, 2.75) is 18.9 Å². The maximum Gasteiger partial charge on any atom is 0.230 e. The number of nitrogens with zero attached hydrogens (tertiary/aromatic N) is 1. The molecule has 0 aliphatic carbocycles. The highest BCUT2D eigenvalue weighted by Crippen LogP contribution is 2.07. The van der Waals surface area contributed by atoms with Gasteiger partial charge < -0.3 is 21.5 Å². The lowest BCUT2D eigenvalue weighted by Crippen LogP contribution is -2.39. The van der Waals surface area contributed by atoms with Crippen LogP contribution in [0.4, 0.5) is 0 Å². The third-order valence-electron chi connectivity index (χ3n) is 2.16. The van der Waals surface area contributed by atoms with Crippen molar-refractivity contribution in [3.63, 3.8) is 0 Å². The van der Waals surface area contributed by atoms with E-state index in [0.717, 1.165) is 24.6 Å². The predicted molar refractivity (Wildman–Crippen MR) is 68.0 cm³/mol. The van der Waals surface area contributed by atoms with Gasteiger partial charge in [0, 0.05) is 19.3 Å². The zero-order valence-corrected chi connectivity index (χ0v) is 10.3. The standard InChI is InChI=1S/C9H17N5O2S/c10-8(11)14-9(12)17-5-7(15)13-6-1-3-16-4-2-6/h6H,1-5H2,(H,13,15)(H5,10,11,12,14). The molecule has 7 nitrogen and oxygen atoms in total. The van der Waals surface area contributed by atoms with Gasteiger partial charge in [-0.3, -0.25) is 10.2 Å². The molecule has 0 bridgehead atoms. The minimum Gasteiger partial charge on any atom is -0.381 e. The molecule has 96 valence electrons. The molecule has 0 aromatic heterocycles. The lowest BCUT2D eigenvalue weighted by Gasteiger charge is -2.22. The molecule has 0 spiro atoms. The fraction of sp³-hybridized carbons (Fsp3) is 0.667. The van der Waals surface area contributed by atoms with Crippen molar-refractivity contribution < 1.29 is 9.53 Å². The number of carbonyl (C=O) groups is 1. The number of ether oxygens (including phenoxy) is 1. The molecule has 1 fully saturated rings. The topological polar surface area (TPSA) is 127 Å². The Bertz CT molecular complexity index is 311. The molecule has 1 heterocycles. The lowest BCUT2D eigenvalue weighted by molar-refractivity contribution is -0.119. The van der Waals surface area contributed by atoms with E-state index in [1.807, 2.05) is 0 Å². The fourth-order valence-electron chi connectivity index (χ4n) is 1.39. The van der Waals surface area contributed by atoms with E-state index >= 15 is 0 Å². The van der Waals surface area contributed by atoms with E-state index in [1.54, 1.807) is 0 Å². The van der Waals surface area contributed by atoms with E-state index in [4.69, 9.17) is 21.6 Å². The Morgan fingerprint density at radius 3 is 2.71 bits per heavy atom. The maximum absolute atomic E-state index is 11.5. The largest absolute Gasteiger partial charge is 0.381 e. The Hall–Kier alpha value is -1.28. The molecule has 0 unspecified atom stereocenters. The summed E-state index contributed by atoms with van der Waals surface area (Å²) in [6, 6.07) is 0.175. The van der Waals surface area contributed by atoms with Gasteiger partial charge in [-0.1, -0.05) is 11.8 Å². The van der Waals surface area contributed by atoms with Gasteiger partial charge in [0.1, 0.15) is 0 Å². The van der Waals surface area contributed by atoms with E-state index in [2.05, 4.69) is 10.3 Å². The summed E-state index contributed by atoms with van der Waals surface area (Å²) in [4.78, 5) is 15.0. The van der Waals surface area contributed by atoms with E-state index in [1.165, 1.54) is 0 Å². The molecule has 17 heavy (non-hydrogen) atoms. The van der Waals surface area contributed by atoms with E-state index in [9.17, 15) is 4.79 Å². The molecule has 0 atom stereocenters. The summed E-state index contributed by atoms with van der Waals surface area (Å²) in [5.41, 5.74) is 10.2. The molecule has 0 aromatic carbocycles. The average Bonchev–Trinajstić information content (AvgIpc) is 2.27. The van der Waals surface area contributed by atoms with Crippen LogP contribution in [0, 0.1) is 5.41 Å². The number of thioether (sulfide) groups is 1. The number of hydrogen-bond donors (Lipinski definition) is 4. The average molecular weight is 259 g/mol. The Labute approximate surface area is 104 Å². The molecule has 0 saturated carbocycles. The molecule has 1 aliphatic heterocycles. The molecule has 6 N–H and O–H groups in total. The minimum absolute atomic E-state index is 0.0628. The van der Waals surface area contributed by atoms with Gasteiger partial charge >= 0.3 is 0 Å². The number of guanidine groups is 1. The number of carbonyl (C=O) groups excluding carboxylic acids is 1. The lowest BCUT2D eigenvalue weighted by atomic mass is 10.1. The van der Waals surface area contributed by atoms with Gasteiger partial charge in [-0.25, -0.2) is 0 Å². The van der Waals surface area contributed by atoms with Crippen molar-refractivity contribution in [3.05, 3.63) is 0 Å². The Morgan fingerprint density at radius 1 is 1.47 bits per heavy atom. The smallest absolute Gasteiger partial charge is 0.230 e. The third kappa shape index (κ3) is 6.12. The van der Waals surface area contributed by atoms with Crippen LogP contribution in [0.2, 0.25) is 0 Å². The SMILES string of the molecule is N=C(N=C(N)N)SCC(=O)NC1CCOCC1. The predicted octanol–water partition coefficient (Wildman–Crippen LogP) is -0.777. The molecule has 0 aromatic rings. The molecule has 8 heteroatoms. The number of nitrogens with one attached hydrogen (secondary N) is 2. The Kier molecular flexibility index (Phi) is 5.78. The molecule has 1 amide bonds. The number of amides is 1. The van der Waals surface area contributed by atoms with Crippen LogP contribution in [0.3, 0.4) is 0 Å². The molecular formula is C9H17N5O2S. The van der Waals surface area contributed by atoms with E-state index < -0.39 is 0 Å². The summed E-state index contributed by atoms with van der Waals surface area (Å²) >= 11 is 0.994. The second-order valence-electron chi connectivity index (χ2n) is 3.58. The second kappa shape index (κ2) is 7.13. The second-order valence-corrected chi connectivity index (χ2v) is 4.55. The summed E-state index contributed by atoms with van der Waals surface area (Å²) in [5, 5.41) is 10.2. The summed E-state index contributed by atoms with van der Waals surface area (Å²) in [6.45, 7) is 1.36. The summed E-state index contributed by atoms with van der Waals surface area (Å²) in [6.07, 6.45) is 1.67. The first kappa shape index (κ1) is 13.8. The van der Waals surface area contributed by atoms with Crippen molar-refractivity contribution in [2.75, 3.05) is 19.0 Å². The zero-order valence-electron chi connectivity index (χ0n) is 9.44. The van der Waals surface area contributed by atoms with Crippen molar-refractivity contribution in [3.8, 4) is 0 Å². The number of nitrogens with two attached hydrogens (primary N) is 2. The van der Waals surface area contributed by atoms with Crippen molar-refractivity contribution in [1.82, 2.24) is 5.32 Å². The number of amidine groups is 1. The van der Waals surface area contributed by atoms with Crippen molar-refractivity contribution >= 4 is 28.8 Å². The maximum atomic E-state index is 11.5. The molecule has 1 rings (SSSR count). The summed E-state index contributed by atoms with van der Waals surface area (Å²) in [5.74, 6) is -0.141. The van der Waals surface area contributed by atoms with Crippen molar-refractivity contribution in [2.24, 2.45) is 16.5 Å². The van der Waals surface area contributed by atoms with Gasteiger partial charge in [0.15, 0.2) is 11.1 Å². The highest BCUT2D eigenvalue weighted by Gasteiger charge is 2.16. The van der Waals surface area contributed by atoms with Gasteiger partial charge in [0.05, 0.1) is 5.75 Å². The first-order valence-electron chi connectivity index (χ1n) is 5.26. The van der Waals surface area contributed by atoms with Gasteiger partial charge in [0.25, 0.3) is 0 Å². The van der Waals surface area contributed by atoms with E-state index in [-0.39, 0.29) is 28.8 Å². The van der Waals surface area contributed by atoms with Gasteiger partial charge in [-0.05, 0) is 12.8 Å². The van der Waals surface area contributed by atoms with Crippen LogP contribution in [0.25, 0.3) is 0 Å². The van der Waals surface area contributed by atoms with Crippen LogP contribution in [0.15, 0.2) is 4.99 Å². The minimum atomic E-state index is -0.174. The quantitative estimate of drug-likeness (QED) is 0.391. The fourth-order valence-corrected chi connectivity index (χ4v) is 1.92. The monoisotopic (exact) mass is 259 g/mol. The number of aliphatic imine (C=N–C) groups is 1. The first-order valence-corrected chi connectivity index (χ1v) is 6.24. The van der Waals surface area contributed by atoms with Crippen LogP contribution in [0.5, 0.6) is 0 Å². The molecule has 0 radical (unpaired) electrons. The summed E-state index contributed by atoms with van der Waals surface area (Å²) < 4.78 is 5.19. The molecule has 1 aliphatic rings. The van der Waals surface area contributed by atoms with Crippen LogP contribution < -0.4 is 16.8 Å². The van der Waals surface area contributed by atoms with Gasteiger partial charge in [0.2, 0.25) is 5.91 Å². The van der Waals surface area contributed by atoms with Crippen LogP contribution in [0.1, 0.15) is 12.8 Å². The molecular weight excluding hydrogens is 242 g/mol. The summed E-state index contributed by atoms with van der Waals surface area (Å²) in [7, 11) is 0. The first-order chi connectivity index (χ1) is 8.08. The number of rotatable bonds is 3. The van der Waals surface area contributed by atoms with Crippen LogP contribution in [-0.2, 0) is 9.53 Å². The Balaban J connectivity index is 2.20.